The second-order valence-corrected chi connectivity index (χ2v) is 9.40. The number of hydrogen-bond donors (Lipinski definition) is 1. The van der Waals surface area contributed by atoms with E-state index < -0.39 is 0 Å². The summed E-state index contributed by atoms with van der Waals surface area (Å²) in [5.74, 6) is 0.373. The highest BCUT2D eigenvalue weighted by Gasteiger charge is 2.36. The number of nitrogens with zero attached hydrogens (tertiary/aromatic N) is 1. The first-order valence-electron chi connectivity index (χ1n) is 10.4. The molecule has 1 saturated carbocycles. The van der Waals surface area contributed by atoms with E-state index in [1.165, 1.54) is 16.0 Å². The van der Waals surface area contributed by atoms with Crippen LogP contribution in [0, 0.1) is 25.7 Å². The lowest BCUT2D eigenvalue weighted by atomic mass is 9.96. The molecule has 5 heteroatoms. The van der Waals surface area contributed by atoms with Gasteiger partial charge in [0.05, 0.1) is 5.92 Å². The third-order valence-electron chi connectivity index (χ3n) is 5.71. The van der Waals surface area contributed by atoms with E-state index in [4.69, 9.17) is 0 Å². The van der Waals surface area contributed by atoms with Crippen LogP contribution in [0.5, 0.6) is 0 Å². The number of likely N-dealkylation sites (tertiary alicyclic amines) is 1. The Bertz CT molecular complexity index is 906. The largest absolute Gasteiger partial charge is 0.342 e. The molecule has 1 saturated heterocycles. The average Bonchev–Trinajstić information content (AvgIpc) is 3.56. The SMILES string of the molecule is Cc1ccc(Sc2ccc(NC(=O)C3CCCN(C(=O)C4CC4)C3)cc2)c(C)c1. The van der Waals surface area contributed by atoms with Crippen molar-refractivity contribution in [1.82, 2.24) is 4.90 Å². The number of piperidine rings is 1. The molecule has 1 heterocycles. The van der Waals surface area contributed by atoms with Crippen LogP contribution < -0.4 is 5.32 Å². The van der Waals surface area contributed by atoms with Crippen molar-refractivity contribution in [2.45, 2.75) is 49.3 Å². The van der Waals surface area contributed by atoms with E-state index in [2.05, 4.69) is 37.4 Å². The Hall–Kier alpha value is -2.27. The lowest BCUT2D eigenvalue weighted by molar-refractivity contribution is -0.135. The number of rotatable bonds is 5. The summed E-state index contributed by atoms with van der Waals surface area (Å²) in [4.78, 5) is 29.3. The van der Waals surface area contributed by atoms with Crippen LogP contribution in [0.25, 0.3) is 0 Å². The lowest BCUT2D eigenvalue weighted by Crippen LogP contribution is -2.44. The van der Waals surface area contributed by atoms with Crippen molar-refractivity contribution in [2.75, 3.05) is 18.4 Å². The van der Waals surface area contributed by atoms with Crippen molar-refractivity contribution < 1.29 is 9.59 Å². The van der Waals surface area contributed by atoms with Crippen LogP contribution in [0.3, 0.4) is 0 Å². The zero-order chi connectivity index (χ0) is 20.4. The minimum atomic E-state index is -0.115. The zero-order valence-electron chi connectivity index (χ0n) is 17.1. The van der Waals surface area contributed by atoms with Gasteiger partial charge in [0.2, 0.25) is 11.8 Å². The van der Waals surface area contributed by atoms with Gasteiger partial charge in [-0.1, -0.05) is 29.5 Å². The number of carbonyl (C=O) groups is 2. The monoisotopic (exact) mass is 408 g/mol. The quantitative estimate of drug-likeness (QED) is 0.754. The smallest absolute Gasteiger partial charge is 0.229 e. The Morgan fingerprint density at radius 2 is 1.76 bits per heavy atom. The Balaban J connectivity index is 1.34. The lowest BCUT2D eigenvalue weighted by Gasteiger charge is -2.32. The van der Waals surface area contributed by atoms with Gasteiger partial charge in [0.25, 0.3) is 0 Å². The van der Waals surface area contributed by atoms with E-state index in [1.807, 2.05) is 29.2 Å². The highest BCUT2D eigenvalue weighted by molar-refractivity contribution is 7.99. The van der Waals surface area contributed by atoms with Crippen molar-refractivity contribution in [3.05, 3.63) is 53.6 Å². The highest BCUT2D eigenvalue weighted by Crippen LogP contribution is 2.33. The van der Waals surface area contributed by atoms with Gasteiger partial charge in [-0.05, 0) is 75.4 Å². The molecule has 4 rings (SSSR count). The summed E-state index contributed by atoms with van der Waals surface area (Å²) < 4.78 is 0. The number of nitrogens with one attached hydrogen (secondary N) is 1. The Kier molecular flexibility index (Phi) is 5.95. The van der Waals surface area contributed by atoms with Crippen LogP contribution in [0.1, 0.15) is 36.8 Å². The van der Waals surface area contributed by atoms with Crippen LogP contribution in [0.4, 0.5) is 5.69 Å². The molecule has 2 amide bonds. The maximum atomic E-state index is 12.7. The third-order valence-corrected chi connectivity index (χ3v) is 6.90. The van der Waals surface area contributed by atoms with Crippen molar-refractivity contribution >= 4 is 29.3 Å². The molecule has 29 heavy (non-hydrogen) atoms. The summed E-state index contributed by atoms with van der Waals surface area (Å²) in [6.07, 6.45) is 3.78. The Morgan fingerprint density at radius 1 is 1.00 bits per heavy atom. The molecule has 2 aromatic carbocycles. The van der Waals surface area contributed by atoms with Gasteiger partial charge < -0.3 is 10.2 Å². The molecule has 0 bridgehead atoms. The summed E-state index contributed by atoms with van der Waals surface area (Å²) in [6, 6.07) is 14.5. The molecular weight excluding hydrogens is 380 g/mol. The van der Waals surface area contributed by atoms with Gasteiger partial charge in [0.1, 0.15) is 0 Å². The van der Waals surface area contributed by atoms with Gasteiger partial charge in [-0.15, -0.1) is 0 Å². The first kappa shape index (κ1) is 20.0. The van der Waals surface area contributed by atoms with Crippen LogP contribution in [0.15, 0.2) is 52.3 Å². The predicted molar refractivity (Wildman–Crippen MR) is 117 cm³/mol. The van der Waals surface area contributed by atoms with Crippen molar-refractivity contribution in [3.63, 3.8) is 0 Å². The molecule has 0 radical (unpaired) electrons. The maximum Gasteiger partial charge on any atom is 0.229 e. The molecular formula is C24H28N2O2S. The van der Waals surface area contributed by atoms with Crippen molar-refractivity contribution in [1.29, 1.82) is 0 Å². The molecule has 2 aromatic rings. The van der Waals surface area contributed by atoms with Gasteiger partial charge in [0, 0.05) is 34.5 Å². The van der Waals surface area contributed by atoms with E-state index >= 15 is 0 Å². The standard InChI is InChI=1S/C24H28N2O2S/c1-16-5-12-22(17(2)14-16)29-21-10-8-20(9-11-21)25-23(27)19-4-3-13-26(15-19)24(28)18-6-7-18/h5,8-12,14,18-19H,3-4,6-7,13,15H2,1-2H3,(H,25,27). The summed E-state index contributed by atoms with van der Waals surface area (Å²) >= 11 is 1.73. The van der Waals surface area contributed by atoms with Crippen molar-refractivity contribution in [3.8, 4) is 0 Å². The molecule has 1 atom stereocenters. The molecule has 0 spiro atoms. The maximum absolute atomic E-state index is 12.7. The highest BCUT2D eigenvalue weighted by atomic mass is 32.2. The second-order valence-electron chi connectivity index (χ2n) is 8.28. The molecule has 1 aliphatic carbocycles. The van der Waals surface area contributed by atoms with Gasteiger partial charge in [-0.25, -0.2) is 0 Å². The third kappa shape index (κ3) is 5.02. The average molecular weight is 409 g/mol. The van der Waals surface area contributed by atoms with Gasteiger partial charge in [-0.3, -0.25) is 9.59 Å². The molecule has 2 aliphatic rings. The second kappa shape index (κ2) is 8.62. The topological polar surface area (TPSA) is 49.4 Å². The number of anilines is 1. The number of carbonyl (C=O) groups excluding carboxylic acids is 2. The Labute approximate surface area is 177 Å². The minimum absolute atomic E-state index is 0.0214. The molecule has 152 valence electrons. The van der Waals surface area contributed by atoms with E-state index in [1.54, 1.807) is 11.8 Å². The van der Waals surface area contributed by atoms with Crippen molar-refractivity contribution in [2.24, 2.45) is 11.8 Å². The van der Waals surface area contributed by atoms with Crippen LogP contribution in [-0.2, 0) is 9.59 Å². The van der Waals surface area contributed by atoms with E-state index in [9.17, 15) is 9.59 Å². The molecule has 0 aromatic heterocycles. The van der Waals surface area contributed by atoms with Gasteiger partial charge in [-0.2, -0.15) is 0 Å². The number of benzene rings is 2. The normalized spacial score (nSPS) is 19.1. The fourth-order valence-electron chi connectivity index (χ4n) is 3.87. The number of aryl methyl sites for hydroxylation is 2. The molecule has 1 N–H and O–H groups in total. The van der Waals surface area contributed by atoms with Gasteiger partial charge in [0.15, 0.2) is 0 Å². The van der Waals surface area contributed by atoms with Crippen LogP contribution in [0.2, 0.25) is 0 Å². The minimum Gasteiger partial charge on any atom is -0.342 e. The van der Waals surface area contributed by atoms with Gasteiger partial charge >= 0.3 is 0 Å². The summed E-state index contributed by atoms with van der Waals surface area (Å²) in [6.45, 7) is 5.59. The van der Waals surface area contributed by atoms with Crippen LogP contribution in [-0.4, -0.2) is 29.8 Å². The summed E-state index contributed by atoms with van der Waals surface area (Å²) in [5.41, 5.74) is 3.35. The predicted octanol–water partition coefficient (Wildman–Crippen LogP) is 5.04. The number of hydrogen-bond acceptors (Lipinski definition) is 3. The molecule has 2 fully saturated rings. The molecule has 4 nitrogen and oxygen atoms in total. The summed E-state index contributed by atoms with van der Waals surface area (Å²) in [7, 11) is 0. The molecule has 1 aliphatic heterocycles. The summed E-state index contributed by atoms with van der Waals surface area (Å²) in [5, 5.41) is 3.04. The van der Waals surface area contributed by atoms with Crippen LogP contribution >= 0.6 is 11.8 Å². The first-order valence-corrected chi connectivity index (χ1v) is 11.3. The van der Waals surface area contributed by atoms with E-state index in [-0.39, 0.29) is 23.7 Å². The van der Waals surface area contributed by atoms with E-state index in [0.717, 1.165) is 42.8 Å². The van der Waals surface area contributed by atoms with E-state index in [0.29, 0.717) is 6.54 Å². The zero-order valence-corrected chi connectivity index (χ0v) is 17.9. The molecule has 1 unspecified atom stereocenters. The fourth-order valence-corrected chi connectivity index (χ4v) is 4.75. The number of amides is 2. The Morgan fingerprint density at radius 3 is 2.45 bits per heavy atom. The first-order chi connectivity index (χ1) is 14.0. The fraction of sp³-hybridized carbons (Fsp3) is 0.417.